The summed E-state index contributed by atoms with van der Waals surface area (Å²) in [7, 11) is 0. The number of hydrogen-bond donors (Lipinski definition) is 1. The second-order valence-electron chi connectivity index (χ2n) is 4.29. The van der Waals surface area contributed by atoms with Crippen molar-refractivity contribution in [2.75, 3.05) is 5.75 Å². The van der Waals surface area contributed by atoms with Gasteiger partial charge in [0.25, 0.3) is 0 Å². The highest BCUT2D eigenvalue weighted by atomic mass is 32.2. The van der Waals surface area contributed by atoms with E-state index in [-0.39, 0.29) is 1.43 Å². The van der Waals surface area contributed by atoms with Crippen molar-refractivity contribution in [1.29, 1.82) is 0 Å². The van der Waals surface area contributed by atoms with Crippen LogP contribution in [0.3, 0.4) is 0 Å². The highest BCUT2D eigenvalue weighted by Crippen LogP contribution is 2.25. The quantitative estimate of drug-likeness (QED) is 0.541. The maximum absolute atomic E-state index is 4.62. The SMILES string of the molecule is CCCCSc1nc2nc(-c3cccs3)ccc2[nH]1.[HH]. The Labute approximate surface area is 122 Å². The molecule has 0 unspecified atom stereocenters. The predicted molar refractivity (Wildman–Crippen MR) is 84.9 cm³/mol. The Kier molecular flexibility index (Phi) is 3.84. The van der Waals surface area contributed by atoms with Gasteiger partial charge in [-0.2, -0.15) is 0 Å². The maximum atomic E-state index is 4.62. The van der Waals surface area contributed by atoms with Crippen LogP contribution in [0.5, 0.6) is 0 Å². The van der Waals surface area contributed by atoms with E-state index in [4.69, 9.17) is 0 Å². The molecule has 0 atom stereocenters. The van der Waals surface area contributed by atoms with E-state index < -0.39 is 0 Å². The van der Waals surface area contributed by atoms with Crippen molar-refractivity contribution in [3.8, 4) is 10.6 Å². The smallest absolute Gasteiger partial charge is 0.179 e. The van der Waals surface area contributed by atoms with Crippen LogP contribution in [0.2, 0.25) is 0 Å². The lowest BCUT2D eigenvalue weighted by Gasteiger charge is -1.94. The van der Waals surface area contributed by atoms with Gasteiger partial charge in [0.2, 0.25) is 0 Å². The summed E-state index contributed by atoms with van der Waals surface area (Å²) >= 11 is 3.47. The summed E-state index contributed by atoms with van der Waals surface area (Å²) in [4.78, 5) is 13.7. The van der Waals surface area contributed by atoms with Crippen LogP contribution >= 0.6 is 23.1 Å². The first-order valence-corrected chi connectivity index (χ1v) is 8.27. The second kappa shape index (κ2) is 5.75. The van der Waals surface area contributed by atoms with Crippen molar-refractivity contribution in [3.63, 3.8) is 0 Å². The molecule has 0 saturated carbocycles. The summed E-state index contributed by atoms with van der Waals surface area (Å²) in [5, 5.41) is 3.04. The number of thiophene rings is 1. The molecule has 3 nitrogen and oxygen atoms in total. The largest absolute Gasteiger partial charge is 0.332 e. The lowest BCUT2D eigenvalue weighted by molar-refractivity contribution is 0.893. The molecule has 3 rings (SSSR count). The van der Waals surface area contributed by atoms with E-state index in [9.17, 15) is 0 Å². The van der Waals surface area contributed by atoms with Gasteiger partial charge in [-0.25, -0.2) is 9.97 Å². The van der Waals surface area contributed by atoms with Gasteiger partial charge in [0.1, 0.15) is 0 Å². The third-order valence-electron chi connectivity index (χ3n) is 2.83. The molecule has 0 amide bonds. The van der Waals surface area contributed by atoms with Crippen LogP contribution in [0.25, 0.3) is 21.7 Å². The van der Waals surface area contributed by atoms with Crippen LogP contribution in [0.4, 0.5) is 0 Å². The van der Waals surface area contributed by atoms with E-state index in [1.807, 2.05) is 12.1 Å². The molecule has 0 aliphatic heterocycles. The van der Waals surface area contributed by atoms with Crippen molar-refractivity contribution >= 4 is 34.3 Å². The monoisotopic (exact) mass is 291 g/mol. The van der Waals surface area contributed by atoms with Gasteiger partial charge in [0.15, 0.2) is 10.8 Å². The summed E-state index contributed by atoms with van der Waals surface area (Å²) in [6.45, 7) is 2.20. The molecule has 3 aromatic heterocycles. The number of rotatable bonds is 5. The van der Waals surface area contributed by atoms with Crippen LogP contribution in [0, 0.1) is 0 Å². The van der Waals surface area contributed by atoms with Crippen LogP contribution in [-0.2, 0) is 0 Å². The van der Waals surface area contributed by atoms with E-state index in [1.165, 1.54) is 17.7 Å². The van der Waals surface area contributed by atoms with Crippen LogP contribution in [0.15, 0.2) is 34.8 Å². The molecular weight excluding hydrogens is 274 g/mol. The predicted octanol–water partition coefficient (Wildman–Crippen LogP) is 4.82. The average Bonchev–Trinajstić information content (AvgIpc) is 3.07. The van der Waals surface area contributed by atoms with E-state index in [2.05, 4.69) is 39.4 Å². The Morgan fingerprint density at radius 1 is 1.32 bits per heavy atom. The van der Waals surface area contributed by atoms with Crippen LogP contribution in [0.1, 0.15) is 21.2 Å². The first-order chi connectivity index (χ1) is 9.36. The van der Waals surface area contributed by atoms with Gasteiger partial charge in [-0.3, -0.25) is 0 Å². The second-order valence-corrected chi connectivity index (χ2v) is 6.32. The number of imidazole rings is 1. The molecule has 0 spiro atoms. The van der Waals surface area contributed by atoms with Crippen LogP contribution < -0.4 is 0 Å². The zero-order valence-electron chi connectivity index (χ0n) is 10.7. The molecule has 0 aliphatic carbocycles. The fourth-order valence-corrected chi connectivity index (χ4v) is 3.47. The fraction of sp³-hybridized carbons (Fsp3) is 0.286. The number of aromatic amines is 1. The number of hydrogen-bond acceptors (Lipinski definition) is 4. The van der Waals surface area contributed by atoms with E-state index in [0.717, 1.165) is 27.8 Å². The minimum Gasteiger partial charge on any atom is -0.332 e. The molecule has 0 bridgehead atoms. The number of aromatic nitrogens is 3. The van der Waals surface area contributed by atoms with Crippen molar-refractivity contribution in [2.45, 2.75) is 24.9 Å². The molecule has 0 fully saturated rings. The van der Waals surface area contributed by atoms with Gasteiger partial charge in [-0.1, -0.05) is 31.2 Å². The molecule has 0 saturated heterocycles. The number of H-pyrrole nitrogens is 1. The van der Waals surface area contributed by atoms with Gasteiger partial charge < -0.3 is 4.98 Å². The topological polar surface area (TPSA) is 41.6 Å². The van der Waals surface area contributed by atoms with Gasteiger partial charge in [-0.15, -0.1) is 11.3 Å². The van der Waals surface area contributed by atoms with Gasteiger partial charge >= 0.3 is 0 Å². The zero-order chi connectivity index (χ0) is 13.1. The lowest BCUT2D eigenvalue weighted by Crippen LogP contribution is -1.81. The molecule has 3 heterocycles. The molecule has 3 aromatic rings. The highest BCUT2D eigenvalue weighted by molar-refractivity contribution is 7.99. The van der Waals surface area contributed by atoms with Gasteiger partial charge in [0, 0.05) is 7.18 Å². The molecule has 0 aromatic carbocycles. The Morgan fingerprint density at radius 3 is 3.05 bits per heavy atom. The summed E-state index contributed by atoms with van der Waals surface area (Å²) in [6.07, 6.45) is 2.43. The average molecular weight is 291 g/mol. The highest BCUT2D eigenvalue weighted by Gasteiger charge is 2.07. The molecule has 5 heteroatoms. The van der Waals surface area contributed by atoms with E-state index in [0.29, 0.717) is 0 Å². The third kappa shape index (κ3) is 2.82. The minimum atomic E-state index is 0. The Hall–Kier alpha value is -1.33. The first kappa shape index (κ1) is 12.7. The Morgan fingerprint density at radius 2 is 2.26 bits per heavy atom. The van der Waals surface area contributed by atoms with Gasteiger partial charge in [0.05, 0.1) is 16.1 Å². The van der Waals surface area contributed by atoms with E-state index >= 15 is 0 Å². The molecule has 1 N–H and O–H groups in total. The van der Waals surface area contributed by atoms with Crippen molar-refractivity contribution in [2.24, 2.45) is 0 Å². The summed E-state index contributed by atoms with van der Waals surface area (Å²) < 4.78 is 0. The molecular formula is C14H17N3S2. The van der Waals surface area contributed by atoms with Crippen molar-refractivity contribution < 1.29 is 1.43 Å². The molecule has 100 valence electrons. The van der Waals surface area contributed by atoms with Gasteiger partial charge in [-0.05, 0) is 30.0 Å². The zero-order valence-corrected chi connectivity index (χ0v) is 12.4. The Balaban J connectivity index is 0.00000147. The first-order valence-electron chi connectivity index (χ1n) is 6.40. The van der Waals surface area contributed by atoms with Crippen molar-refractivity contribution in [3.05, 3.63) is 29.6 Å². The molecule has 0 aliphatic rings. The number of nitrogens with one attached hydrogen (secondary N) is 1. The number of nitrogens with zero attached hydrogens (tertiary/aromatic N) is 2. The Bertz CT molecular complexity index is 664. The van der Waals surface area contributed by atoms with Crippen LogP contribution in [-0.4, -0.2) is 20.7 Å². The van der Waals surface area contributed by atoms with Crippen molar-refractivity contribution in [1.82, 2.24) is 15.0 Å². The number of fused-ring (bicyclic) bond motifs is 1. The number of pyridine rings is 1. The molecule has 19 heavy (non-hydrogen) atoms. The standard InChI is InChI=1S/C14H15N3S2.H2/c1-2-3-8-19-14-16-11-7-6-10(15-13(11)17-14)12-5-4-9-18-12;/h4-7,9H,2-3,8H2,1H3,(H,15,16,17);1H. The minimum absolute atomic E-state index is 0. The number of thioether (sulfide) groups is 1. The third-order valence-corrected chi connectivity index (χ3v) is 4.69. The maximum Gasteiger partial charge on any atom is 0.179 e. The lowest BCUT2D eigenvalue weighted by atomic mass is 10.3. The molecule has 0 radical (unpaired) electrons. The summed E-state index contributed by atoms with van der Waals surface area (Å²) in [5.41, 5.74) is 2.82. The number of unbranched alkanes of at least 4 members (excludes halogenated alkanes) is 1. The van der Waals surface area contributed by atoms with E-state index in [1.54, 1.807) is 23.1 Å². The normalized spacial score (nSPS) is 11.2. The summed E-state index contributed by atoms with van der Waals surface area (Å²) in [5.74, 6) is 1.11. The summed E-state index contributed by atoms with van der Waals surface area (Å²) in [6, 6.07) is 8.24. The fourth-order valence-electron chi connectivity index (χ4n) is 1.81.